The van der Waals surface area contributed by atoms with Crippen LogP contribution < -0.4 is 10.2 Å². The number of aryl methyl sites for hydroxylation is 1. The lowest BCUT2D eigenvalue weighted by Crippen LogP contribution is -2.38. The Morgan fingerprint density at radius 1 is 1.13 bits per heavy atom. The van der Waals surface area contributed by atoms with Crippen LogP contribution in [-0.4, -0.2) is 36.7 Å². The predicted molar refractivity (Wildman–Crippen MR) is 124 cm³/mol. The van der Waals surface area contributed by atoms with E-state index in [1.165, 1.54) is 11.3 Å². The Morgan fingerprint density at radius 3 is 2.77 bits per heavy atom. The Bertz CT molecular complexity index is 1000. The van der Waals surface area contributed by atoms with Crippen molar-refractivity contribution in [3.63, 3.8) is 0 Å². The van der Waals surface area contributed by atoms with Crippen molar-refractivity contribution in [3.8, 4) is 0 Å². The number of para-hydroxylation sites is 1. The van der Waals surface area contributed by atoms with Gasteiger partial charge in [-0.2, -0.15) is 0 Å². The normalized spacial score (nSPS) is 16.0. The molecular weight excluding hydrogens is 432 g/mol. The lowest BCUT2D eigenvalue weighted by Gasteiger charge is -2.22. The smallest absolute Gasteiger partial charge is 0.341 e. The summed E-state index contributed by atoms with van der Waals surface area (Å²) < 4.78 is 5.29. The summed E-state index contributed by atoms with van der Waals surface area (Å²) >= 11 is 3.10. The highest BCUT2D eigenvalue weighted by molar-refractivity contribution is 7.99. The first kappa shape index (κ1) is 21.9. The third-order valence-electron chi connectivity index (χ3n) is 5.49. The van der Waals surface area contributed by atoms with Crippen molar-refractivity contribution in [1.82, 2.24) is 0 Å². The van der Waals surface area contributed by atoms with Gasteiger partial charge in [-0.25, -0.2) is 4.79 Å². The number of hydrogen-bond donors (Lipinski definition) is 1. The van der Waals surface area contributed by atoms with E-state index in [-0.39, 0.29) is 30.9 Å². The Hall–Kier alpha value is -2.32. The van der Waals surface area contributed by atoms with Crippen molar-refractivity contribution in [2.75, 3.05) is 29.1 Å². The maximum atomic E-state index is 13.0. The van der Waals surface area contributed by atoms with Crippen LogP contribution in [0.1, 0.15) is 53.4 Å². The molecule has 4 rings (SSSR count). The monoisotopic (exact) mass is 458 g/mol. The zero-order valence-electron chi connectivity index (χ0n) is 17.6. The second-order valence-electron chi connectivity index (χ2n) is 7.58. The maximum absolute atomic E-state index is 13.0. The molecule has 8 heteroatoms. The minimum atomic E-state index is -0.384. The van der Waals surface area contributed by atoms with Crippen molar-refractivity contribution in [2.45, 2.75) is 50.3 Å². The molecule has 2 aromatic rings. The van der Waals surface area contributed by atoms with E-state index < -0.39 is 0 Å². The van der Waals surface area contributed by atoms with E-state index in [4.69, 9.17) is 4.74 Å². The van der Waals surface area contributed by atoms with Crippen molar-refractivity contribution in [1.29, 1.82) is 0 Å². The van der Waals surface area contributed by atoms with Gasteiger partial charge in [0, 0.05) is 21.9 Å². The fraction of sp³-hybridized carbons (Fsp3) is 0.435. The zero-order chi connectivity index (χ0) is 21.8. The minimum absolute atomic E-state index is 0.0693. The zero-order valence-corrected chi connectivity index (χ0v) is 19.2. The number of nitrogens with one attached hydrogen (secondary N) is 1. The van der Waals surface area contributed by atoms with Gasteiger partial charge in [0.05, 0.1) is 17.9 Å². The van der Waals surface area contributed by atoms with Crippen molar-refractivity contribution >= 4 is 51.6 Å². The molecule has 2 heterocycles. The molecule has 0 unspecified atom stereocenters. The lowest BCUT2D eigenvalue weighted by molar-refractivity contribution is -0.121. The molecule has 31 heavy (non-hydrogen) atoms. The van der Waals surface area contributed by atoms with Crippen LogP contribution >= 0.6 is 23.1 Å². The number of rotatable bonds is 5. The predicted octanol–water partition coefficient (Wildman–Crippen LogP) is 4.66. The van der Waals surface area contributed by atoms with E-state index in [2.05, 4.69) is 5.32 Å². The third kappa shape index (κ3) is 4.80. The first-order valence-corrected chi connectivity index (χ1v) is 12.5. The van der Waals surface area contributed by atoms with Gasteiger partial charge in [-0.15, -0.1) is 23.1 Å². The number of esters is 1. The fourth-order valence-corrected chi connectivity index (χ4v) is 6.34. The van der Waals surface area contributed by atoms with E-state index in [1.807, 2.05) is 24.3 Å². The number of amides is 2. The van der Waals surface area contributed by atoms with Crippen molar-refractivity contribution in [3.05, 3.63) is 40.3 Å². The van der Waals surface area contributed by atoms with Crippen LogP contribution in [0, 0.1) is 0 Å². The number of thiophene rings is 1. The summed E-state index contributed by atoms with van der Waals surface area (Å²) in [5.41, 5.74) is 2.27. The van der Waals surface area contributed by atoms with Crippen LogP contribution in [0.2, 0.25) is 0 Å². The topological polar surface area (TPSA) is 75.7 Å². The molecule has 164 valence electrons. The Kier molecular flexibility index (Phi) is 6.97. The van der Waals surface area contributed by atoms with Crippen LogP contribution in [0.25, 0.3) is 0 Å². The van der Waals surface area contributed by atoms with E-state index in [0.717, 1.165) is 53.1 Å². The van der Waals surface area contributed by atoms with E-state index >= 15 is 0 Å². The van der Waals surface area contributed by atoms with Gasteiger partial charge < -0.3 is 15.0 Å². The molecule has 1 aromatic carbocycles. The highest BCUT2D eigenvalue weighted by Crippen LogP contribution is 2.38. The molecule has 0 spiro atoms. The summed E-state index contributed by atoms with van der Waals surface area (Å²) in [4.78, 5) is 42.1. The molecule has 1 N–H and O–H groups in total. The molecule has 0 atom stereocenters. The van der Waals surface area contributed by atoms with Gasteiger partial charge in [0.15, 0.2) is 0 Å². The number of anilines is 2. The van der Waals surface area contributed by atoms with Gasteiger partial charge in [-0.05, 0) is 50.3 Å². The highest BCUT2D eigenvalue weighted by Gasteiger charge is 2.28. The van der Waals surface area contributed by atoms with Gasteiger partial charge in [-0.1, -0.05) is 18.6 Å². The summed E-state index contributed by atoms with van der Waals surface area (Å²) in [6.45, 7) is 1.98. The number of thioether (sulfide) groups is 1. The molecule has 1 aromatic heterocycles. The van der Waals surface area contributed by atoms with Crippen LogP contribution in [-0.2, 0) is 27.2 Å². The van der Waals surface area contributed by atoms with Gasteiger partial charge in [-0.3, -0.25) is 9.59 Å². The summed E-state index contributed by atoms with van der Waals surface area (Å²) in [5, 5.41) is 3.47. The SMILES string of the molecule is CCOC(=O)c1c(NC(=O)CN2C(=O)CCSc3ccccc32)sc2c1CCCCC2. The summed E-state index contributed by atoms with van der Waals surface area (Å²) in [7, 11) is 0. The van der Waals surface area contributed by atoms with E-state index in [0.29, 0.717) is 22.7 Å². The molecule has 0 saturated heterocycles. The van der Waals surface area contributed by atoms with Gasteiger partial charge in [0.1, 0.15) is 11.5 Å². The summed E-state index contributed by atoms with van der Waals surface area (Å²) in [6, 6.07) is 7.65. The maximum Gasteiger partial charge on any atom is 0.341 e. The summed E-state index contributed by atoms with van der Waals surface area (Å²) in [5.74, 6) is -0.0690. The van der Waals surface area contributed by atoms with E-state index in [1.54, 1.807) is 23.6 Å². The molecule has 0 fully saturated rings. The number of carbonyl (C=O) groups excluding carboxylic acids is 3. The van der Waals surface area contributed by atoms with Crippen molar-refractivity contribution in [2.24, 2.45) is 0 Å². The molecule has 2 amide bonds. The standard InChI is InChI=1S/C23H26N2O4S2/c1-2-29-23(28)21-15-8-4-3-5-10-17(15)31-22(21)24-19(26)14-25-16-9-6-7-11-18(16)30-13-12-20(25)27/h6-7,9,11H,2-5,8,10,12-14H2,1H3,(H,24,26). The van der Waals surface area contributed by atoms with Crippen LogP contribution in [0.5, 0.6) is 0 Å². The molecule has 0 radical (unpaired) electrons. The Morgan fingerprint density at radius 2 is 1.94 bits per heavy atom. The number of nitrogens with zero attached hydrogens (tertiary/aromatic N) is 1. The Balaban J connectivity index is 1.59. The highest BCUT2D eigenvalue weighted by atomic mass is 32.2. The average Bonchev–Trinajstić information content (AvgIpc) is 2.87. The molecule has 6 nitrogen and oxygen atoms in total. The average molecular weight is 459 g/mol. The number of carbonyl (C=O) groups is 3. The molecule has 1 aliphatic heterocycles. The summed E-state index contributed by atoms with van der Waals surface area (Å²) in [6.07, 6.45) is 5.37. The third-order valence-corrected chi connectivity index (χ3v) is 7.76. The van der Waals surface area contributed by atoms with Gasteiger partial charge in [0.25, 0.3) is 0 Å². The molecule has 0 bridgehead atoms. The van der Waals surface area contributed by atoms with Crippen molar-refractivity contribution < 1.29 is 19.1 Å². The van der Waals surface area contributed by atoms with Gasteiger partial charge in [0.2, 0.25) is 11.8 Å². The van der Waals surface area contributed by atoms with Crippen LogP contribution in [0.4, 0.5) is 10.7 Å². The number of ether oxygens (including phenoxy) is 1. The molecule has 2 aliphatic rings. The quantitative estimate of drug-likeness (QED) is 0.521. The largest absolute Gasteiger partial charge is 0.462 e. The van der Waals surface area contributed by atoms with Crippen LogP contribution in [0.15, 0.2) is 29.2 Å². The Labute approximate surface area is 190 Å². The molecular formula is C23H26N2O4S2. The molecule has 1 aliphatic carbocycles. The first-order valence-electron chi connectivity index (χ1n) is 10.7. The fourth-order valence-electron chi connectivity index (χ4n) is 4.05. The number of hydrogen-bond acceptors (Lipinski definition) is 6. The minimum Gasteiger partial charge on any atom is -0.462 e. The van der Waals surface area contributed by atoms with Crippen LogP contribution in [0.3, 0.4) is 0 Å². The second kappa shape index (κ2) is 9.87. The first-order chi connectivity index (χ1) is 15.1. The van der Waals surface area contributed by atoms with E-state index in [9.17, 15) is 14.4 Å². The second-order valence-corrected chi connectivity index (χ2v) is 9.83. The number of fused-ring (bicyclic) bond motifs is 2. The van der Waals surface area contributed by atoms with Gasteiger partial charge >= 0.3 is 5.97 Å². The molecule has 0 saturated carbocycles. The number of benzene rings is 1. The lowest BCUT2D eigenvalue weighted by atomic mass is 10.1.